The first-order valence-electron chi connectivity index (χ1n) is 13.2. The van der Waals surface area contributed by atoms with Crippen LogP contribution in [0.2, 0.25) is 0 Å². The molecule has 1 amide bonds. The maximum absolute atomic E-state index is 13.0. The molecule has 6 rings (SSSR count). The van der Waals surface area contributed by atoms with Crippen molar-refractivity contribution >= 4 is 34.9 Å². The Balaban J connectivity index is 1.20. The fourth-order valence-electron chi connectivity index (χ4n) is 4.61. The molecule has 4 aromatic rings. The van der Waals surface area contributed by atoms with E-state index in [-0.39, 0.29) is 11.8 Å². The zero-order valence-corrected chi connectivity index (χ0v) is 22.0. The minimum atomic E-state index is -0.0480. The van der Waals surface area contributed by atoms with Crippen LogP contribution in [-0.2, 0) is 4.79 Å². The lowest BCUT2D eigenvalue weighted by molar-refractivity contribution is -0.120. The molecule has 3 aromatic heterocycles. The van der Waals surface area contributed by atoms with E-state index < -0.39 is 0 Å². The van der Waals surface area contributed by atoms with Crippen LogP contribution in [0.3, 0.4) is 0 Å². The largest absolute Gasteiger partial charge is 0.486 e. The first kappa shape index (κ1) is 25.4. The minimum absolute atomic E-state index is 0.0254. The lowest BCUT2D eigenvalue weighted by Crippen LogP contribution is -2.34. The number of anilines is 5. The van der Waals surface area contributed by atoms with Gasteiger partial charge in [-0.25, -0.2) is 19.9 Å². The van der Waals surface area contributed by atoms with E-state index in [2.05, 4.69) is 46.2 Å². The van der Waals surface area contributed by atoms with E-state index in [1.807, 2.05) is 37.3 Å². The number of ether oxygens (including phenoxy) is 2. The zero-order chi connectivity index (χ0) is 27.3. The van der Waals surface area contributed by atoms with Crippen LogP contribution in [0.25, 0.3) is 11.5 Å². The normalized spacial score (nSPS) is 14.8. The molecule has 204 valence electrons. The number of aryl methyl sites for hydroxylation is 1. The van der Waals surface area contributed by atoms with Crippen molar-refractivity contribution in [3.63, 3.8) is 0 Å². The van der Waals surface area contributed by atoms with Gasteiger partial charge in [-0.3, -0.25) is 4.79 Å². The fraction of sp³-hybridized carbons (Fsp3) is 0.286. The summed E-state index contributed by atoms with van der Waals surface area (Å²) in [5.74, 6) is 2.97. The van der Waals surface area contributed by atoms with Gasteiger partial charge in [0.15, 0.2) is 17.3 Å². The van der Waals surface area contributed by atoms with Crippen molar-refractivity contribution in [3.8, 4) is 23.0 Å². The Bertz CT molecular complexity index is 1520. The third-order valence-corrected chi connectivity index (χ3v) is 6.55. The molecule has 1 aromatic carbocycles. The number of fused-ring (bicyclic) bond motifs is 1. The summed E-state index contributed by atoms with van der Waals surface area (Å²) in [6, 6.07) is 12.8. The molecule has 12 nitrogen and oxygen atoms in total. The summed E-state index contributed by atoms with van der Waals surface area (Å²) in [5, 5.41) is 12.8. The van der Waals surface area contributed by atoms with E-state index in [9.17, 15) is 4.79 Å². The van der Waals surface area contributed by atoms with Gasteiger partial charge in [0, 0.05) is 35.8 Å². The second-order valence-corrected chi connectivity index (χ2v) is 9.51. The molecule has 0 atom stereocenters. The van der Waals surface area contributed by atoms with E-state index in [0.717, 1.165) is 31.6 Å². The summed E-state index contributed by atoms with van der Waals surface area (Å²) in [6.45, 7) is 4.43. The molecular formula is C28H29N9O3. The fourth-order valence-corrected chi connectivity index (χ4v) is 4.61. The molecule has 0 saturated carbocycles. The number of nitrogens with one attached hydrogen (secondary N) is 4. The number of hydrogen-bond acceptors (Lipinski definition) is 11. The Morgan fingerprint density at radius 1 is 0.925 bits per heavy atom. The Morgan fingerprint density at radius 2 is 1.73 bits per heavy atom. The molecule has 0 spiro atoms. The van der Waals surface area contributed by atoms with Crippen LogP contribution in [0.1, 0.15) is 18.5 Å². The zero-order valence-electron chi connectivity index (χ0n) is 22.0. The number of hydrogen-bond donors (Lipinski definition) is 4. The standard InChI is InChI=1S/C28H29N9O3/c1-17-3-2-4-20(32-17)26-30-11-7-23(36-26)35-24-8-12-31-28(37-24)33-19-15-21(25-22(16-19)39-13-14-40-25)34-27(38)18-5-9-29-10-6-18/h2-4,7-8,11-12,15-16,18,29H,5-6,9-10,13-14H2,1H3,(H,34,38)(H2,30,31,33,35,36,37). The lowest BCUT2D eigenvalue weighted by Gasteiger charge is -2.25. The van der Waals surface area contributed by atoms with E-state index in [1.54, 1.807) is 24.5 Å². The van der Waals surface area contributed by atoms with E-state index >= 15 is 0 Å². The first-order valence-corrected chi connectivity index (χ1v) is 13.2. The Labute approximate surface area is 231 Å². The monoisotopic (exact) mass is 539 g/mol. The predicted molar refractivity (Wildman–Crippen MR) is 150 cm³/mol. The van der Waals surface area contributed by atoms with E-state index in [0.29, 0.717) is 65.2 Å². The van der Waals surface area contributed by atoms with Crippen LogP contribution in [0.4, 0.5) is 29.0 Å². The van der Waals surface area contributed by atoms with Gasteiger partial charge in [0.2, 0.25) is 11.9 Å². The number of benzene rings is 1. The molecule has 1 saturated heterocycles. The van der Waals surface area contributed by atoms with Crippen LogP contribution in [0.15, 0.2) is 54.9 Å². The smallest absolute Gasteiger partial charge is 0.229 e. The lowest BCUT2D eigenvalue weighted by atomic mass is 9.97. The van der Waals surface area contributed by atoms with Crippen molar-refractivity contribution < 1.29 is 14.3 Å². The number of aromatic nitrogens is 5. The first-order chi connectivity index (χ1) is 19.6. The number of nitrogens with zero attached hydrogens (tertiary/aromatic N) is 5. The van der Waals surface area contributed by atoms with Crippen molar-refractivity contribution in [1.82, 2.24) is 30.2 Å². The summed E-state index contributed by atoms with van der Waals surface area (Å²) in [5.41, 5.74) is 2.78. The Morgan fingerprint density at radius 3 is 2.58 bits per heavy atom. The van der Waals surface area contributed by atoms with Crippen LogP contribution >= 0.6 is 0 Å². The molecule has 40 heavy (non-hydrogen) atoms. The van der Waals surface area contributed by atoms with Crippen molar-refractivity contribution in [1.29, 1.82) is 0 Å². The predicted octanol–water partition coefficient (Wildman–Crippen LogP) is 3.83. The second-order valence-electron chi connectivity index (χ2n) is 9.51. The average Bonchev–Trinajstić information content (AvgIpc) is 2.98. The average molecular weight is 540 g/mol. The summed E-state index contributed by atoms with van der Waals surface area (Å²) in [4.78, 5) is 35.3. The Hall–Kier alpha value is -4.84. The Kier molecular flexibility index (Phi) is 7.31. The number of amides is 1. The molecular weight excluding hydrogens is 510 g/mol. The highest BCUT2D eigenvalue weighted by molar-refractivity contribution is 5.95. The number of carbonyl (C=O) groups excluding carboxylic acids is 1. The molecule has 5 heterocycles. The molecule has 0 aliphatic carbocycles. The molecule has 0 unspecified atom stereocenters. The topological polar surface area (TPSA) is 148 Å². The maximum Gasteiger partial charge on any atom is 0.229 e. The number of rotatable bonds is 7. The van der Waals surface area contributed by atoms with Crippen molar-refractivity contribution in [2.24, 2.45) is 5.92 Å². The van der Waals surface area contributed by atoms with Crippen LogP contribution in [0, 0.1) is 12.8 Å². The van der Waals surface area contributed by atoms with Crippen LogP contribution in [-0.4, -0.2) is 57.1 Å². The van der Waals surface area contributed by atoms with Gasteiger partial charge in [0.25, 0.3) is 0 Å². The van der Waals surface area contributed by atoms with Gasteiger partial charge in [-0.15, -0.1) is 0 Å². The summed E-state index contributed by atoms with van der Waals surface area (Å²) in [6.07, 6.45) is 4.90. The number of piperidine rings is 1. The third kappa shape index (κ3) is 5.91. The highest BCUT2D eigenvalue weighted by Crippen LogP contribution is 2.41. The highest BCUT2D eigenvalue weighted by Gasteiger charge is 2.25. The van der Waals surface area contributed by atoms with Gasteiger partial charge in [-0.2, -0.15) is 4.98 Å². The van der Waals surface area contributed by atoms with Crippen molar-refractivity contribution in [3.05, 3.63) is 60.6 Å². The van der Waals surface area contributed by atoms with Gasteiger partial charge in [0.1, 0.15) is 30.5 Å². The quantitative estimate of drug-likeness (QED) is 0.271. The number of pyridine rings is 1. The summed E-state index contributed by atoms with van der Waals surface area (Å²) >= 11 is 0. The number of carbonyl (C=O) groups is 1. The van der Waals surface area contributed by atoms with Crippen LogP contribution < -0.4 is 30.7 Å². The molecule has 0 radical (unpaired) electrons. The van der Waals surface area contributed by atoms with Gasteiger partial charge in [0.05, 0.1) is 5.69 Å². The molecule has 2 aliphatic rings. The van der Waals surface area contributed by atoms with Gasteiger partial charge >= 0.3 is 0 Å². The molecule has 1 fully saturated rings. The minimum Gasteiger partial charge on any atom is -0.486 e. The molecule has 4 N–H and O–H groups in total. The van der Waals surface area contributed by atoms with E-state index in [4.69, 9.17) is 9.47 Å². The third-order valence-electron chi connectivity index (χ3n) is 6.55. The van der Waals surface area contributed by atoms with Crippen molar-refractivity contribution in [2.45, 2.75) is 19.8 Å². The second kappa shape index (κ2) is 11.5. The molecule has 2 aliphatic heterocycles. The maximum atomic E-state index is 13.0. The molecule has 12 heteroatoms. The highest BCUT2D eigenvalue weighted by atomic mass is 16.6. The summed E-state index contributed by atoms with van der Waals surface area (Å²) in [7, 11) is 0. The van der Waals surface area contributed by atoms with Crippen LogP contribution in [0.5, 0.6) is 11.5 Å². The van der Waals surface area contributed by atoms with Crippen molar-refractivity contribution in [2.75, 3.05) is 42.3 Å². The SMILES string of the molecule is Cc1cccc(-c2nccc(Nc3ccnc(Nc4cc(NC(=O)C5CCNCC5)c5c(c4)OCCO5)n3)n2)n1. The summed E-state index contributed by atoms with van der Waals surface area (Å²) < 4.78 is 11.7. The van der Waals surface area contributed by atoms with Gasteiger partial charge in [-0.05, 0) is 63.2 Å². The molecule has 0 bridgehead atoms. The van der Waals surface area contributed by atoms with E-state index in [1.165, 1.54) is 0 Å². The van der Waals surface area contributed by atoms with Gasteiger partial charge in [-0.1, -0.05) is 6.07 Å². The van der Waals surface area contributed by atoms with Gasteiger partial charge < -0.3 is 30.7 Å².